The third-order valence-electron chi connectivity index (χ3n) is 3.08. The van der Waals surface area contributed by atoms with E-state index in [-0.39, 0.29) is 0 Å². The fourth-order valence-corrected chi connectivity index (χ4v) is 3.22. The van der Waals surface area contributed by atoms with E-state index < -0.39 is 18.2 Å². The number of rotatable bonds is 4. The summed E-state index contributed by atoms with van der Waals surface area (Å²) in [6.45, 7) is 0. The Balaban J connectivity index is 2.43. The summed E-state index contributed by atoms with van der Waals surface area (Å²) in [5, 5.41) is 22.9. The van der Waals surface area contributed by atoms with Crippen molar-refractivity contribution >= 4 is 45.2 Å². The summed E-state index contributed by atoms with van der Waals surface area (Å²) in [6, 6.07) is 10.7. The van der Waals surface area contributed by atoms with Crippen LogP contribution in [0.5, 0.6) is 0 Å². The second-order valence-corrected chi connectivity index (χ2v) is 6.32. The van der Waals surface area contributed by atoms with Crippen molar-refractivity contribution in [3.8, 4) is 0 Å². The second-order valence-electron chi connectivity index (χ2n) is 4.59. The number of aliphatic hydroxyl groups is 1. The van der Waals surface area contributed by atoms with Crippen molar-refractivity contribution in [2.45, 2.75) is 12.1 Å². The molecule has 1 amide bonds. The highest BCUT2D eigenvalue weighted by molar-refractivity contribution is 9.10. The predicted molar refractivity (Wildman–Crippen MR) is 89.5 cm³/mol. The molecule has 0 unspecified atom stereocenters. The molecule has 0 aliphatic rings. The van der Waals surface area contributed by atoms with Crippen LogP contribution in [0, 0.1) is 0 Å². The first-order valence-electron chi connectivity index (χ1n) is 6.26. The molecule has 0 aliphatic carbocycles. The first-order valence-corrected chi connectivity index (χ1v) is 7.81. The van der Waals surface area contributed by atoms with E-state index in [1.54, 1.807) is 42.5 Å². The van der Waals surface area contributed by atoms with E-state index in [0.29, 0.717) is 25.6 Å². The van der Waals surface area contributed by atoms with Crippen LogP contribution in [-0.2, 0) is 0 Å². The first-order chi connectivity index (χ1) is 10.4. The maximum Gasteiger partial charge on any atom is 0.405 e. The summed E-state index contributed by atoms with van der Waals surface area (Å²) in [6.07, 6.45) is -2.35. The number of carboxylic acid groups (broad SMARTS) is 1. The molecule has 0 saturated heterocycles. The van der Waals surface area contributed by atoms with E-state index in [9.17, 15) is 9.90 Å². The molecule has 2 atom stereocenters. The minimum absolute atomic E-state index is 0.459. The van der Waals surface area contributed by atoms with Crippen molar-refractivity contribution < 1.29 is 15.0 Å². The van der Waals surface area contributed by atoms with Gasteiger partial charge in [0.1, 0.15) is 6.10 Å². The number of hydrogen-bond donors (Lipinski definition) is 3. The summed E-state index contributed by atoms with van der Waals surface area (Å²) in [5.41, 5.74) is 1.08. The molecular formula is C15H12BrCl2NO3. The highest BCUT2D eigenvalue weighted by Gasteiger charge is 2.26. The van der Waals surface area contributed by atoms with Crippen molar-refractivity contribution in [2.24, 2.45) is 0 Å². The first kappa shape index (κ1) is 17.1. The van der Waals surface area contributed by atoms with E-state index in [2.05, 4.69) is 21.2 Å². The maximum absolute atomic E-state index is 11.1. The molecular weight excluding hydrogens is 393 g/mol. The summed E-state index contributed by atoms with van der Waals surface area (Å²) < 4.78 is 0.597. The van der Waals surface area contributed by atoms with Crippen LogP contribution < -0.4 is 5.32 Å². The van der Waals surface area contributed by atoms with Crippen LogP contribution in [0.3, 0.4) is 0 Å². The molecule has 0 radical (unpaired) electrons. The van der Waals surface area contributed by atoms with Gasteiger partial charge in [0.25, 0.3) is 0 Å². The van der Waals surface area contributed by atoms with E-state index in [0.717, 1.165) is 0 Å². The summed E-state index contributed by atoms with van der Waals surface area (Å²) >= 11 is 15.2. The molecule has 2 aromatic rings. The maximum atomic E-state index is 11.1. The number of nitrogens with one attached hydrogen (secondary N) is 1. The number of halogens is 3. The van der Waals surface area contributed by atoms with Gasteiger partial charge in [0, 0.05) is 14.5 Å². The van der Waals surface area contributed by atoms with Crippen molar-refractivity contribution in [3.63, 3.8) is 0 Å². The summed E-state index contributed by atoms with van der Waals surface area (Å²) in [7, 11) is 0. The number of benzene rings is 2. The average Bonchev–Trinajstić information content (AvgIpc) is 2.44. The number of hydrogen-bond acceptors (Lipinski definition) is 2. The van der Waals surface area contributed by atoms with Gasteiger partial charge < -0.3 is 15.5 Å². The largest absolute Gasteiger partial charge is 0.465 e. The molecule has 116 valence electrons. The molecule has 0 aromatic heterocycles. The van der Waals surface area contributed by atoms with Crippen LogP contribution in [0.15, 0.2) is 46.9 Å². The van der Waals surface area contributed by atoms with Gasteiger partial charge in [-0.3, -0.25) is 0 Å². The Morgan fingerprint density at radius 2 is 1.82 bits per heavy atom. The van der Waals surface area contributed by atoms with Gasteiger partial charge in [0.05, 0.1) is 6.04 Å². The molecule has 3 N–H and O–H groups in total. The lowest BCUT2D eigenvalue weighted by atomic mass is 9.96. The average molecular weight is 405 g/mol. The monoisotopic (exact) mass is 403 g/mol. The van der Waals surface area contributed by atoms with Crippen molar-refractivity contribution in [2.75, 3.05) is 0 Å². The molecule has 0 bridgehead atoms. The SMILES string of the molecule is O=C(O)N[C@H](c1ccc(Cl)cc1Br)[C@H](O)c1cccc(Cl)c1. The molecule has 22 heavy (non-hydrogen) atoms. The van der Waals surface area contributed by atoms with Crippen molar-refractivity contribution in [3.05, 3.63) is 68.1 Å². The third-order valence-corrected chi connectivity index (χ3v) is 4.24. The highest BCUT2D eigenvalue weighted by Crippen LogP contribution is 2.35. The van der Waals surface area contributed by atoms with E-state index >= 15 is 0 Å². The molecule has 2 rings (SSSR count). The van der Waals surface area contributed by atoms with E-state index in [4.69, 9.17) is 28.3 Å². The normalized spacial score (nSPS) is 13.5. The molecule has 0 fully saturated rings. The Labute approximate surface area is 145 Å². The van der Waals surface area contributed by atoms with Gasteiger partial charge in [0.2, 0.25) is 0 Å². The Morgan fingerprint density at radius 3 is 2.41 bits per heavy atom. The molecule has 0 aliphatic heterocycles. The highest BCUT2D eigenvalue weighted by atomic mass is 79.9. The Bertz CT molecular complexity index is 696. The fourth-order valence-electron chi connectivity index (χ4n) is 2.10. The Kier molecular flexibility index (Phi) is 5.69. The van der Waals surface area contributed by atoms with Gasteiger partial charge in [-0.15, -0.1) is 0 Å². The van der Waals surface area contributed by atoms with Gasteiger partial charge in [-0.05, 0) is 35.4 Å². The number of amides is 1. The smallest absolute Gasteiger partial charge is 0.405 e. The lowest BCUT2D eigenvalue weighted by molar-refractivity contribution is 0.120. The molecule has 0 heterocycles. The van der Waals surface area contributed by atoms with Crippen LogP contribution in [0.2, 0.25) is 10.0 Å². The molecule has 4 nitrogen and oxygen atoms in total. The Hall–Kier alpha value is -1.27. The summed E-state index contributed by atoms with van der Waals surface area (Å²) in [4.78, 5) is 11.1. The van der Waals surface area contributed by atoms with Crippen molar-refractivity contribution in [1.29, 1.82) is 0 Å². The third kappa shape index (κ3) is 4.14. The molecule has 2 aromatic carbocycles. The van der Waals surface area contributed by atoms with Gasteiger partial charge in [0.15, 0.2) is 0 Å². The van der Waals surface area contributed by atoms with Crippen molar-refractivity contribution in [1.82, 2.24) is 5.32 Å². The van der Waals surface area contributed by atoms with E-state index in [1.807, 2.05) is 0 Å². The fraction of sp³-hybridized carbons (Fsp3) is 0.133. The predicted octanol–water partition coefficient (Wildman–Crippen LogP) is 4.80. The van der Waals surface area contributed by atoms with Crippen LogP contribution in [-0.4, -0.2) is 16.3 Å². The lowest BCUT2D eigenvalue weighted by Gasteiger charge is -2.25. The van der Waals surface area contributed by atoms with Gasteiger partial charge >= 0.3 is 6.09 Å². The zero-order valence-electron chi connectivity index (χ0n) is 11.1. The molecule has 0 saturated carbocycles. The van der Waals surface area contributed by atoms with Gasteiger partial charge in [-0.1, -0.05) is 57.3 Å². The zero-order chi connectivity index (χ0) is 16.3. The second kappa shape index (κ2) is 7.33. The van der Waals surface area contributed by atoms with Crippen LogP contribution in [0.25, 0.3) is 0 Å². The topological polar surface area (TPSA) is 69.6 Å². The quantitative estimate of drug-likeness (QED) is 0.685. The summed E-state index contributed by atoms with van der Waals surface area (Å²) in [5.74, 6) is 0. The lowest BCUT2D eigenvalue weighted by Crippen LogP contribution is -2.31. The zero-order valence-corrected chi connectivity index (χ0v) is 14.2. The minimum atomic E-state index is -1.24. The Morgan fingerprint density at radius 1 is 1.14 bits per heavy atom. The van der Waals surface area contributed by atoms with Gasteiger partial charge in [-0.25, -0.2) is 4.79 Å². The van der Waals surface area contributed by atoms with Crippen LogP contribution in [0.4, 0.5) is 4.79 Å². The van der Waals surface area contributed by atoms with Crippen LogP contribution in [0.1, 0.15) is 23.3 Å². The number of aliphatic hydroxyl groups excluding tert-OH is 1. The minimum Gasteiger partial charge on any atom is -0.465 e. The molecule has 7 heteroatoms. The van der Waals surface area contributed by atoms with Crippen LogP contribution >= 0.6 is 39.1 Å². The van der Waals surface area contributed by atoms with E-state index in [1.165, 1.54) is 0 Å². The van der Waals surface area contributed by atoms with Gasteiger partial charge in [-0.2, -0.15) is 0 Å². The molecule has 0 spiro atoms. The number of carbonyl (C=O) groups is 1. The standard InChI is InChI=1S/C15H12BrCl2NO3/c16-12-7-10(18)4-5-11(12)13(19-15(21)22)14(20)8-2-1-3-9(17)6-8/h1-7,13-14,19-20H,(H,21,22)/t13-,14-/m1/s1.